The van der Waals surface area contributed by atoms with Crippen LogP contribution in [0.2, 0.25) is 0 Å². The summed E-state index contributed by atoms with van der Waals surface area (Å²) in [5.74, 6) is 0.479. The molecule has 0 aliphatic heterocycles. The van der Waals surface area contributed by atoms with Crippen molar-refractivity contribution in [3.8, 4) is 33.8 Å². The number of hydrogen-bond acceptors (Lipinski definition) is 4. The summed E-state index contributed by atoms with van der Waals surface area (Å²) in [4.78, 5) is 9.61. The maximum absolute atomic E-state index is 9.39. The molecule has 2 N–H and O–H groups in total. The molecule has 2 unspecified atom stereocenters. The molecule has 0 saturated heterocycles. The van der Waals surface area contributed by atoms with Crippen molar-refractivity contribution in [1.82, 2.24) is 9.97 Å². The number of benzene rings is 3. The van der Waals surface area contributed by atoms with Gasteiger partial charge in [0.05, 0.1) is 23.6 Å². The Labute approximate surface area is 228 Å². The molecule has 3 aromatic carbocycles. The molecule has 4 aromatic rings. The Kier molecular flexibility index (Phi) is 12.1. The van der Waals surface area contributed by atoms with Crippen molar-refractivity contribution in [2.24, 2.45) is 11.8 Å². The third-order valence-electron chi connectivity index (χ3n) is 5.88. The molecule has 5 heteroatoms. The fraction of sp³-hybridized carbons (Fsp3) is 0.290. The van der Waals surface area contributed by atoms with Crippen LogP contribution in [0.25, 0.3) is 33.8 Å². The average molecular weight is 660 g/mol. The van der Waals surface area contributed by atoms with E-state index >= 15 is 0 Å². The molecule has 0 spiro atoms. The van der Waals surface area contributed by atoms with Crippen LogP contribution in [0.4, 0.5) is 0 Å². The van der Waals surface area contributed by atoms with Crippen LogP contribution in [0.3, 0.4) is 0 Å². The van der Waals surface area contributed by atoms with Crippen molar-refractivity contribution in [3.63, 3.8) is 0 Å². The second kappa shape index (κ2) is 14.8. The third-order valence-corrected chi connectivity index (χ3v) is 5.88. The smallest absolute Gasteiger partial charge is 0.0873 e. The summed E-state index contributed by atoms with van der Waals surface area (Å²) in [6.07, 6.45) is 1.59. The summed E-state index contributed by atoms with van der Waals surface area (Å²) in [7, 11) is 0. The van der Waals surface area contributed by atoms with Crippen molar-refractivity contribution in [2.45, 2.75) is 46.3 Å². The zero-order chi connectivity index (χ0) is 25.2. The molecule has 4 rings (SSSR count). The van der Waals surface area contributed by atoms with Crippen molar-refractivity contribution >= 4 is 0 Å². The van der Waals surface area contributed by atoms with Gasteiger partial charge >= 0.3 is 0 Å². The molecule has 2 atom stereocenters. The molecule has 0 aliphatic carbocycles. The van der Waals surface area contributed by atoms with Crippen molar-refractivity contribution in [1.29, 1.82) is 0 Å². The van der Waals surface area contributed by atoms with Gasteiger partial charge in [-0.25, -0.2) is 0 Å². The summed E-state index contributed by atoms with van der Waals surface area (Å²) in [5, 5.41) is 18.8. The fourth-order valence-electron chi connectivity index (χ4n) is 3.46. The number of aromatic nitrogens is 2. The largest absolute Gasteiger partial charge is 0.393 e. The SMILES string of the molecule is CC(C)C(O)CC(O)C(C)C.[Ir].[c-]1ccccc1-c1ncc(-c2ccccc2)nc1-c1ccccc1. The first-order chi connectivity index (χ1) is 16.9. The number of rotatable bonds is 7. The minimum Gasteiger partial charge on any atom is -0.393 e. The molecular formula is C31H35IrN2O2-. The Morgan fingerprint density at radius 3 is 1.72 bits per heavy atom. The molecule has 0 saturated carbocycles. The molecule has 1 aromatic heterocycles. The van der Waals surface area contributed by atoms with E-state index in [0.29, 0.717) is 6.42 Å². The number of aliphatic hydroxyl groups excluding tert-OH is 2. The second-order valence-corrected chi connectivity index (χ2v) is 9.32. The van der Waals surface area contributed by atoms with Crippen molar-refractivity contribution in [2.75, 3.05) is 0 Å². The van der Waals surface area contributed by atoms with Crippen LogP contribution in [0.15, 0.2) is 91.1 Å². The minimum atomic E-state index is -0.368. The van der Waals surface area contributed by atoms with Gasteiger partial charge in [0, 0.05) is 37.6 Å². The molecule has 0 bridgehead atoms. The van der Waals surface area contributed by atoms with Gasteiger partial charge in [0.15, 0.2) is 0 Å². The first-order valence-corrected chi connectivity index (χ1v) is 12.2. The van der Waals surface area contributed by atoms with Gasteiger partial charge in [-0.3, -0.25) is 4.98 Å². The molecule has 191 valence electrons. The quantitative estimate of drug-likeness (QED) is 0.217. The monoisotopic (exact) mass is 660 g/mol. The van der Waals surface area contributed by atoms with E-state index in [1.54, 1.807) is 0 Å². The Bertz CT molecular complexity index is 1140. The van der Waals surface area contributed by atoms with Gasteiger partial charge in [-0.2, -0.15) is 0 Å². The van der Waals surface area contributed by atoms with Crippen LogP contribution < -0.4 is 0 Å². The molecule has 36 heavy (non-hydrogen) atoms. The van der Waals surface area contributed by atoms with Crippen LogP contribution >= 0.6 is 0 Å². The van der Waals surface area contributed by atoms with Gasteiger partial charge in [0.2, 0.25) is 0 Å². The Hall–Kier alpha value is -2.69. The van der Waals surface area contributed by atoms with Gasteiger partial charge in [-0.15, -0.1) is 35.9 Å². The first kappa shape index (κ1) is 29.5. The van der Waals surface area contributed by atoms with Crippen LogP contribution in [0.1, 0.15) is 34.1 Å². The molecule has 0 aliphatic rings. The molecule has 0 amide bonds. The zero-order valence-corrected chi connectivity index (χ0v) is 23.7. The minimum absolute atomic E-state index is 0. The number of hydrogen-bond donors (Lipinski definition) is 2. The van der Waals surface area contributed by atoms with Gasteiger partial charge in [0.1, 0.15) is 0 Å². The van der Waals surface area contributed by atoms with Gasteiger partial charge < -0.3 is 15.2 Å². The van der Waals surface area contributed by atoms with E-state index in [1.807, 2.05) is 107 Å². The predicted molar refractivity (Wildman–Crippen MR) is 143 cm³/mol. The summed E-state index contributed by atoms with van der Waals surface area (Å²) < 4.78 is 0. The van der Waals surface area contributed by atoms with Gasteiger partial charge in [-0.05, 0) is 23.8 Å². The van der Waals surface area contributed by atoms with Gasteiger partial charge in [0.25, 0.3) is 0 Å². The zero-order valence-electron chi connectivity index (χ0n) is 21.3. The van der Waals surface area contributed by atoms with E-state index in [2.05, 4.69) is 18.2 Å². The second-order valence-electron chi connectivity index (χ2n) is 9.32. The molecule has 1 heterocycles. The normalized spacial score (nSPS) is 12.3. The standard InChI is InChI=1S/C22H15N2.C9H20O2.Ir/c1-4-10-17(11-5-1)20-16-23-21(18-12-6-2-7-13-18)22(24-20)19-14-8-3-9-15-19;1-6(2)8(10)5-9(11)7(3)4;/h1-12,14-16H;6-11H,5H2,1-4H3;/q-1;;. The molecule has 1 radical (unpaired) electrons. The van der Waals surface area contributed by atoms with E-state index in [-0.39, 0.29) is 44.1 Å². The molecular weight excluding hydrogens is 625 g/mol. The maximum Gasteiger partial charge on any atom is 0.0873 e. The average Bonchev–Trinajstić information content (AvgIpc) is 2.90. The van der Waals surface area contributed by atoms with Crippen LogP contribution in [-0.2, 0) is 20.1 Å². The predicted octanol–water partition coefficient (Wildman–Crippen LogP) is 6.69. The summed E-state index contributed by atoms with van der Waals surface area (Å²) in [6, 6.07) is 31.4. The van der Waals surface area contributed by atoms with E-state index in [4.69, 9.17) is 9.97 Å². The van der Waals surface area contributed by atoms with Gasteiger partial charge in [-0.1, -0.05) is 88.4 Å². The maximum atomic E-state index is 9.39. The first-order valence-electron chi connectivity index (χ1n) is 12.2. The topological polar surface area (TPSA) is 66.2 Å². The van der Waals surface area contributed by atoms with E-state index in [9.17, 15) is 10.2 Å². The summed E-state index contributed by atoms with van der Waals surface area (Å²) in [5.41, 5.74) is 5.65. The van der Waals surface area contributed by atoms with Crippen LogP contribution in [0.5, 0.6) is 0 Å². The Morgan fingerprint density at radius 1 is 0.694 bits per heavy atom. The van der Waals surface area contributed by atoms with E-state index in [0.717, 1.165) is 33.8 Å². The Balaban J connectivity index is 0.000000327. The summed E-state index contributed by atoms with van der Waals surface area (Å²) in [6.45, 7) is 7.82. The molecule has 0 fully saturated rings. The summed E-state index contributed by atoms with van der Waals surface area (Å²) >= 11 is 0. The van der Waals surface area contributed by atoms with Crippen LogP contribution in [-0.4, -0.2) is 32.4 Å². The van der Waals surface area contributed by atoms with Crippen LogP contribution in [0, 0.1) is 17.9 Å². The fourth-order valence-corrected chi connectivity index (χ4v) is 3.46. The number of aliphatic hydroxyl groups is 2. The van der Waals surface area contributed by atoms with E-state index < -0.39 is 0 Å². The Morgan fingerprint density at radius 2 is 1.22 bits per heavy atom. The molecule has 4 nitrogen and oxygen atoms in total. The van der Waals surface area contributed by atoms with Crippen molar-refractivity contribution < 1.29 is 30.3 Å². The van der Waals surface area contributed by atoms with Crippen molar-refractivity contribution in [3.05, 3.63) is 97.2 Å². The van der Waals surface area contributed by atoms with E-state index in [1.165, 1.54) is 0 Å². The number of nitrogens with zero attached hydrogens (tertiary/aromatic N) is 2. The third kappa shape index (κ3) is 8.46.